The van der Waals surface area contributed by atoms with Gasteiger partial charge >= 0.3 is 0 Å². The molecular weight excluding hydrogens is 358 g/mol. The zero-order valence-corrected chi connectivity index (χ0v) is 18.2. The van der Waals surface area contributed by atoms with Crippen molar-refractivity contribution < 1.29 is 0 Å². The first-order valence-electron chi connectivity index (χ1n) is 10.8. The van der Waals surface area contributed by atoms with Crippen LogP contribution in [0.15, 0.2) is 42.6 Å². The summed E-state index contributed by atoms with van der Waals surface area (Å²) in [6.45, 7) is 4.27. The lowest BCUT2D eigenvalue weighted by Gasteiger charge is -2.39. The van der Waals surface area contributed by atoms with Crippen molar-refractivity contribution in [2.75, 3.05) is 27.7 Å². The van der Waals surface area contributed by atoms with E-state index in [1.54, 1.807) is 0 Å². The van der Waals surface area contributed by atoms with Crippen LogP contribution in [-0.4, -0.2) is 52.0 Å². The maximum atomic E-state index is 5.12. The molecule has 1 aliphatic rings. The molecule has 0 spiro atoms. The number of benzene rings is 1. The minimum atomic E-state index is 0.321. The van der Waals surface area contributed by atoms with Gasteiger partial charge in [-0.2, -0.15) is 0 Å². The molecule has 2 atom stereocenters. The van der Waals surface area contributed by atoms with Crippen LogP contribution in [0.5, 0.6) is 0 Å². The fourth-order valence-corrected chi connectivity index (χ4v) is 4.75. The number of hydrogen-bond donors (Lipinski definition) is 0. The summed E-state index contributed by atoms with van der Waals surface area (Å²) in [5.74, 6) is 1.21. The second kappa shape index (κ2) is 8.64. The van der Waals surface area contributed by atoms with Crippen molar-refractivity contribution in [2.24, 2.45) is 0 Å². The Hall–Kier alpha value is -2.24. The standard InChI is InChI=1S/C24H33N5/c1-18-10-8-15-25-23(18)21-13-7-14-22(28(21)4)24-26-19-11-5-6-12-20(19)29(24)17-9-16-27(2)3/h5-6,8,10-12,15,21-22H,7,9,13-14,16-17H2,1-4H3. The number of piperidine rings is 1. The van der Waals surface area contributed by atoms with E-state index in [2.05, 4.69) is 72.8 Å². The highest BCUT2D eigenvalue weighted by Crippen LogP contribution is 2.41. The molecule has 2 unspecified atom stereocenters. The average Bonchev–Trinajstić information content (AvgIpc) is 3.07. The summed E-state index contributed by atoms with van der Waals surface area (Å²) in [5.41, 5.74) is 4.86. The molecule has 2 aromatic heterocycles. The maximum Gasteiger partial charge on any atom is 0.127 e. The van der Waals surface area contributed by atoms with E-state index in [1.165, 1.54) is 29.0 Å². The normalized spacial score (nSPS) is 20.6. The second-order valence-corrected chi connectivity index (χ2v) is 8.60. The van der Waals surface area contributed by atoms with Crippen molar-refractivity contribution in [2.45, 2.75) is 51.2 Å². The van der Waals surface area contributed by atoms with Crippen LogP contribution in [0.2, 0.25) is 0 Å². The fraction of sp³-hybridized carbons (Fsp3) is 0.500. The molecular formula is C24H33N5. The number of pyridine rings is 1. The number of likely N-dealkylation sites (tertiary alicyclic amines) is 1. The van der Waals surface area contributed by atoms with Gasteiger partial charge in [0.2, 0.25) is 0 Å². The van der Waals surface area contributed by atoms with Gasteiger partial charge in [-0.15, -0.1) is 0 Å². The topological polar surface area (TPSA) is 37.2 Å². The van der Waals surface area contributed by atoms with Gasteiger partial charge in [0.05, 0.1) is 28.8 Å². The van der Waals surface area contributed by atoms with E-state index in [9.17, 15) is 0 Å². The Morgan fingerprint density at radius 3 is 2.66 bits per heavy atom. The van der Waals surface area contributed by atoms with Gasteiger partial charge < -0.3 is 9.47 Å². The second-order valence-electron chi connectivity index (χ2n) is 8.60. The number of imidazole rings is 1. The van der Waals surface area contributed by atoms with Crippen molar-refractivity contribution in [1.29, 1.82) is 0 Å². The van der Waals surface area contributed by atoms with Gasteiger partial charge in [0.1, 0.15) is 5.82 Å². The van der Waals surface area contributed by atoms with Crippen LogP contribution < -0.4 is 0 Å². The minimum absolute atomic E-state index is 0.321. The Morgan fingerprint density at radius 1 is 1.07 bits per heavy atom. The van der Waals surface area contributed by atoms with Crippen molar-refractivity contribution in [3.8, 4) is 0 Å². The van der Waals surface area contributed by atoms with Crippen LogP contribution in [-0.2, 0) is 6.54 Å². The Labute approximate surface area is 174 Å². The third kappa shape index (κ3) is 4.07. The highest BCUT2D eigenvalue weighted by atomic mass is 15.2. The lowest BCUT2D eigenvalue weighted by molar-refractivity contribution is 0.103. The molecule has 3 aromatic rings. The Morgan fingerprint density at radius 2 is 1.86 bits per heavy atom. The summed E-state index contributed by atoms with van der Waals surface area (Å²) < 4.78 is 2.47. The van der Waals surface area contributed by atoms with Crippen molar-refractivity contribution in [3.63, 3.8) is 0 Å². The van der Waals surface area contributed by atoms with Gasteiger partial charge in [0, 0.05) is 12.7 Å². The molecule has 5 heteroatoms. The number of para-hydroxylation sites is 2. The first kappa shape index (κ1) is 20.0. The first-order chi connectivity index (χ1) is 14.1. The summed E-state index contributed by atoms with van der Waals surface area (Å²) in [4.78, 5) is 14.6. The molecule has 0 amide bonds. The van der Waals surface area contributed by atoms with Gasteiger partial charge in [-0.3, -0.25) is 9.88 Å². The van der Waals surface area contributed by atoms with Crippen LogP contribution in [0.1, 0.15) is 54.8 Å². The molecule has 0 saturated carbocycles. The molecule has 0 aliphatic carbocycles. The number of rotatable bonds is 6. The van der Waals surface area contributed by atoms with Crippen molar-refractivity contribution >= 4 is 11.0 Å². The predicted molar refractivity (Wildman–Crippen MR) is 119 cm³/mol. The molecule has 29 heavy (non-hydrogen) atoms. The van der Waals surface area contributed by atoms with Crippen LogP contribution in [0.25, 0.3) is 11.0 Å². The third-order valence-corrected chi connectivity index (χ3v) is 6.27. The quantitative estimate of drug-likeness (QED) is 0.616. The van der Waals surface area contributed by atoms with Gasteiger partial charge in [0.25, 0.3) is 0 Å². The first-order valence-corrected chi connectivity index (χ1v) is 10.8. The molecule has 3 heterocycles. The lowest BCUT2D eigenvalue weighted by Crippen LogP contribution is -2.35. The van der Waals surface area contributed by atoms with E-state index in [0.717, 1.165) is 37.9 Å². The number of hydrogen-bond acceptors (Lipinski definition) is 4. The number of aryl methyl sites for hydroxylation is 2. The van der Waals surface area contributed by atoms with E-state index in [0.29, 0.717) is 12.1 Å². The van der Waals surface area contributed by atoms with Crippen LogP contribution in [0, 0.1) is 6.92 Å². The highest BCUT2D eigenvalue weighted by Gasteiger charge is 2.34. The highest BCUT2D eigenvalue weighted by molar-refractivity contribution is 5.76. The van der Waals surface area contributed by atoms with Crippen molar-refractivity contribution in [1.82, 2.24) is 24.3 Å². The zero-order valence-electron chi connectivity index (χ0n) is 18.2. The molecule has 1 saturated heterocycles. The smallest absolute Gasteiger partial charge is 0.127 e. The molecule has 0 radical (unpaired) electrons. The molecule has 4 rings (SSSR count). The summed E-state index contributed by atoms with van der Waals surface area (Å²) in [6, 6.07) is 13.5. The van der Waals surface area contributed by atoms with Crippen LogP contribution in [0.3, 0.4) is 0 Å². The van der Waals surface area contributed by atoms with E-state index in [-0.39, 0.29) is 0 Å². The van der Waals surface area contributed by atoms with Gasteiger partial charge in [0.15, 0.2) is 0 Å². The number of fused-ring (bicyclic) bond motifs is 1. The monoisotopic (exact) mass is 391 g/mol. The Kier molecular flexibility index (Phi) is 5.97. The fourth-order valence-electron chi connectivity index (χ4n) is 4.75. The molecule has 1 aliphatic heterocycles. The maximum absolute atomic E-state index is 5.12. The van der Waals surface area contributed by atoms with E-state index >= 15 is 0 Å². The minimum Gasteiger partial charge on any atom is -0.327 e. The van der Waals surface area contributed by atoms with E-state index in [4.69, 9.17) is 9.97 Å². The van der Waals surface area contributed by atoms with Crippen molar-refractivity contribution in [3.05, 3.63) is 59.7 Å². The van der Waals surface area contributed by atoms with Gasteiger partial charge in [-0.25, -0.2) is 4.98 Å². The third-order valence-electron chi connectivity index (χ3n) is 6.27. The van der Waals surface area contributed by atoms with Crippen LogP contribution in [0.4, 0.5) is 0 Å². The molecule has 5 nitrogen and oxygen atoms in total. The predicted octanol–water partition coefficient (Wildman–Crippen LogP) is 4.59. The average molecular weight is 392 g/mol. The summed E-state index contributed by atoms with van der Waals surface area (Å²) in [6.07, 6.45) is 6.56. The molecule has 0 bridgehead atoms. The van der Waals surface area contributed by atoms with E-state index in [1.807, 2.05) is 12.3 Å². The summed E-state index contributed by atoms with van der Waals surface area (Å²) in [7, 11) is 6.54. The molecule has 1 fully saturated rings. The van der Waals surface area contributed by atoms with Gasteiger partial charge in [-0.1, -0.05) is 18.2 Å². The lowest BCUT2D eigenvalue weighted by atomic mass is 9.92. The summed E-state index contributed by atoms with van der Waals surface area (Å²) in [5, 5.41) is 0. The number of nitrogens with zero attached hydrogens (tertiary/aromatic N) is 5. The van der Waals surface area contributed by atoms with Crippen LogP contribution >= 0.6 is 0 Å². The Balaban J connectivity index is 1.68. The molecule has 154 valence electrons. The molecule has 0 N–H and O–H groups in total. The summed E-state index contributed by atoms with van der Waals surface area (Å²) >= 11 is 0. The Bertz CT molecular complexity index is 961. The largest absolute Gasteiger partial charge is 0.327 e. The van der Waals surface area contributed by atoms with E-state index < -0.39 is 0 Å². The molecule has 1 aromatic carbocycles. The van der Waals surface area contributed by atoms with Gasteiger partial charge in [-0.05, 0) is 84.1 Å². The zero-order chi connectivity index (χ0) is 20.4. The SMILES string of the molecule is Cc1cccnc1C1CCCC(c2nc3ccccc3n2CCCN(C)C)N1C. The number of aromatic nitrogens is 3.